The fourth-order valence-corrected chi connectivity index (χ4v) is 0.219. The van der Waals surface area contributed by atoms with E-state index in [0.29, 0.717) is 0 Å². The average Bonchev–Trinajstić information content (AvgIpc) is 1.93. The molecule has 0 aliphatic carbocycles. The Labute approximate surface area is 52.0 Å². The molecule has 0 saturated carbocycles. The molecule has 1 aliphatic rings. The predicted molar refractivity (Wildman–Crippen MR) is 29.1 cm³/mol. The molecule has 9 heavy (non-hydrogen) atoms. The number of hydrogen-bond acceptors (Lipinski definition) is 3. The van der Waals surface area contributed by atoms with Gasteiger partial charge in [0.15, 0.2) is 0 Å². The Hall–Kier alpha value is -1.45. The van der Waals surface area contributed by atoms with Crippen molar-refractivity contribution in [3.8, 4) is 0 Å². The van der Waals surface area contributed by atoms with E-state index in [1.54, 1.807) is 0 Å². The van der Waals surface area contributed by atoms with Crippen molar-refractivity contribution in [2.24, 2.45) is 0 Å². The van der Waals surface area contributed by atoms with Crippen LogP contribution in [0.3, 0.4) is 0 Å². The number of carboxylic acid groups (broad SMARTS) is 1. The standard InChI is InChI=1S/C4H4O2.CH2O2/c1-2-6-4-3-5-1;2-1-3/h1-4H;1H,(H,2,3). The molecule has 0 aromatic carbocycles. The summed E-state index contributed by atoms with van der Waals surface area (Å²) in [5, 5.41) is 6.89. The van der Waals surface area contributed by atoms with E-state index in [1.807, 2.05) is 0 Å². The third-order valence-corrected chi connectivity index (χ3v) is 0.425. The van der Waals surface area contributed by atoms with Crippen LogP contribution < -0.4 is 0 Å². The van der Waals surface area contributed by atoms with Crippen LogP contribution in [0.25, 0.3) is 0 Å². The van der Waals surface area contributed by atoms with Gasteiger partial charge in [0, 0.05) is 0 Å². The van der Waals surface area contributed by atoms with Gasteiger partial charge in [-0.1, -0.05) is 0 Å². The number of rotatable bonds is 0. The fraction of sp³-hybridized carbons (Fsp3) is 0. The first-order chi connectivity index (χ1) is 4.41. The Morgan fingerprint density at radius 3 is 1.44 bits per heavy atom. The van der Waals surface area contributed by atoms with Crippen LogP contribution in [-0.2, 0) is 14.3 Å². The minimum absolute atomic E-state index is 0.250. The number of carbonyl (C=O) groups is 1. The van der Waals surface area contributed by atoms with Crippen molar-refractivity contribution in [2.75, 3.05) is 0 Å². The molecule has 0 aromatic rings. The molecule has 0 saturated heterocycles. The van der Waals surface area contributed by atoms with Crippen LogP contribution >= 0.6 is 0 Å². The summed E-state index contributed by atoms with van der Waals surface area (Å²) < 4.78 is 9.17. The largest absolute Gasteiger partial charge is 0.483 e. The minimum Gasteiger partial charge on any atom is -0.483 e. The maximum atomic E-state index is 8.36. The van der Waals surface area contributed by atoms with Crippen LogP contribution in [0.4, 0.5) is 0 Å². The summed E-state index contributed by atoms with van der Waals surface area (Å²) in [6.45, 7) is -0.250. The molecule has 50 valence electrons. The van der Waals surface area contributed by atoms with Gasteiger partial charge in [-0.25, -0.2) is 0 Å². The van der Waals surface area contributed by atoms with Gasteiger partial charge in [0.05, 0.1) is 0 Å². The highest BCUT2D eigenvalue weighted by atomic mass is 16.5. The maximum Gasteiger partial charge on any atom is 0.290 e. The molecule has 0 atom stereocenters. The molecule has 1 aliphatic heterocycles. The van der Waals surface area contributed by atoms with E-state index in [4.69, 9.17) is 9.90 Å². The first-order valence-electron chi connectivity index (χ1n) is 2.10. The van der Waals surface area contributed by atoms with Crippen molar-refractivity contribution in [1.29, 1.82) is 0 Å². The normalized spacial score (nSPS) is 12.0. The number of ether oxygens (including phenoxy) is 2. The third kappa shape index (κ3) is 6.55. The van der Waals surface area contributed by atoms with E-state index < -0.39 is 0 Å². The average molecular weight is 130 g/mol. The lowest BCUT2D eigenvalue weighted by Crippen LogP contribution is -1.74. The number of hydrogen-bond donors (Lipinski definition) is 1. The van der Waals surface area contributed by atoms with Gasteiger partial charge in [0.1, 0.15) is 25.0 Å². The third-order valence-electron chi connectivity index (χ3n) is 0.425. The van der Waals surface area contributed by atoms with E-state index >= 15 is 0 Å². The fourth-order valence-electron chi connectivity index (χ4n) is 0.219. The van der Waals surface area contributed by atoms with Crippen LogP contribution in [0.2, 0.25) is 0 Å². The van der Waals surface area contributed by atoms with Crippen LogP contribution in [0.15, 0.2) is 25.0 Å². The van der Waals surface area contributed by atoms with Crippen molar-refractivity contribution in [2.45, 2.75) is 0 Å². The molecule has 4 nitrogen and oxygen atoms in total. The second-order valence-electron chi connectivity index (χ2n) is 0.922. The molecule has 0 fully saturated rings. The molecular weight excluding hydrogens is 124 g/mol. The smallest absolute Gasteiger partial charge is 0.290 e. The highest BCUT2D eigenvalue weighted by Gasteiger charge is 1.74. The van der Waals surface area contributed by atoms with Gasteiger partial charge >= 0.3 is 0 Å². The van der Waals surface area contributed by atoms with Gasteiger partial charge in [0.25, 0.3) is 6.47 Å². The Morgan fingerprint density at radius 1 is 1.11 bits per heavy atom. The molecule has 0 spiro atoms. The molecule has 0 amide bonds. The topological polar surface area (TPSA) is 55.8 Å². The Balaban J connectivity index is 0.000000187. The molecule has 0 aromatic heterocycles. The van der Waals surface area contributed by atoms with Gasteiger partial charge in [-0.15, -0.1) is 0 Å². The van der Waals surface area contributed by atoms with E-state index in [-0.39, 0.29) is 6.47 Å². The molecule has 1 N–H and O–H groups in total. The summed E-state index contributed by atoms with van der Waals surface area (Å²) in [5.74, 6) is 0. The van der Waals surface area contributed by atoms with Crippen molar-refractivity contribution >= 4 is 6.47 Å². The lowest BCUT2D eigenvalue weighted by atomic mass is 10.9. The van der Waals surface area contributed by atoms with E-state index in [1.165, 1.54) is 25.0 Å². The van der Waals surface area contributed by atoms with Crippen LogP contribution in [-0.4, -0.2) is 11.6 Å². The molecule has 1 rings (SSSR count). The van der Waals surface area contributed by atoms with Crippen molar-refractivity contribution in [3.05, 3.63) is 25.0 Å². The molecule has 4 heteroatoms. The quantitative estimate of drug-likeness (QED) is 0.490. The summed E-state index contributed by atoms with van der Waals surface area (Å²) in [7, 11) is 0. The maximum absolute atomic E-state index is 8.36. The second kappa shape index (κ2) is 6.55. The SMILES string of the molecule is C1=COC=CO1.O=CO. The predicted octanol–water partition coefficient (Wildman–Crippen LogP) is 0.676. The molecule has 0 unspecified atom stereocenters. The molecular formula is C5H6O4. The van der Waals surface area contributed by atoms with Crippen LogP contribution in [0, 0.1) is 0 Å². The van der Waals surface area contributed by atoms with Crippen molar-refractivity contribution in [3.63, 3.8) is 0 Å². The van der Waals surface area contributed by atoms with Crippen molar-refractivity contribution in [1.82, 2.24) is 0 Å². The van der Waals surface area contributed by atoms with E-state index in [9.17, 15) is 0 Å². The van der Waals surface area contributed by atoms with Crippen molar-refractivity contribution < 1.29 is 19.4 Å². The summed E-state index contributed by atoms with van der Waals surface area (Å²) in [6, 6.07) is 0. The highest BCUT2D eigenvalue weighted by Crippen LogP contribution is 1.89. The van der Waals surface area contributed by atoms with E-state index in [2.05, 4.69) is 9.47 Å². The zero-order valence-corrected chi connectivity index (χ0v) is 4.56. The monoisotopic (exact) mass is 130 g/mol. The van der Waals surface area contributed by atoms with Gasteiger partial charge in [0.2, 0.25) is 0 Å². The van der Waals surface area contributed by atoms with E-state index in [0.717, 1.165) is 0 Å². The second-order valence-corrected chi connectivity index (χ2v) is 0.922. The summed E-state index contributed by atoms with van der Waals surface area (Å²) in [4.78, 5) is 8.36. The lowest BCUT2D eigenvalue weighted by molar-refractivity contribution is -0.122. The van der Waals surface area contributed by atoms with Crippen LogP contribution in [0.5, 0.6) is 0 Å². The van der Waals surface area contributed by atoms with Gasteiger partial charge in [-0.05, 0) is 0 Å². The molecule has 1 heterocycles. The first kappa shape index (κ1) is 7.55. The highest BCUT2D eigenvalue weighted by molar-refractivity contribution is 5.32. The van der Waals surface area contributed by atoms with Gasteiger partial charge in [-0.3, -0.25) is 4.79 Å². The summed E-state index contributed by atoms with van der Waals surface area (Å²) in [6.07, 6.45) is 5.83. The molecule has 0 bridgehead atoms. The zero-order chi connectivity index (χ0) is 6.95. The molecule has 0 radical (unpaired) electrons. The Bertz CT molecular complexity index is 96.1. The minimum atomic E-state index is -0.250. The Kier molecular flexibility index (Phi) is 5.49. The summed E-state index contributed by atoms with van der Waals surface area (Å²) in [5.41, 5.74) is 0. The van der Waals surface area contributed by atoms with Crippen LogP contribution in [0.1, 0.15) is 0 Å². The first-order valence-corrected chi connectivity index (χ1v) is 2.10. The summed E-state index contributed by atoms with van der Waals surface area (Å²) >= 11 is 0. The van der Waals surface area contributed by atoms with Gasteiger partial charge < -0.3 is 14.6 Å². The Morgan fingerprint density at radius 2 is 1.33 bits per heavy atom. The van der Waals surface area contributed by atoms with Gasteiger partial charge in [-0.2, -0.15) is 0 Å². The lowest BCUT2D eigenvalue weighted by Gasteiger charge is -1.94. The zero-order valence-electron chi connectivity index (χ0n) is 4.56.